The summed E-state index contributed by atoms with van der Waals surface area (Å²) in [5, 5.41) is 1.27. The zero-order chi connectivity index (χ0) is 21.1. The number of benzene rings is 2. The minimum atomic E-state index is 0.627. The zero-order valence-corrected chi connectivity index (χ0v) is 19.5. The van der Waals surface area contributed by atoms with Gasteiger partial charge in [0.15, 0.2) is 0 Å². The van der Waals surface area contributed by atoms with Gasteiger partial charge in [0.05, 0.1) is 11.6 Å². The molecule has 0 radical (unpaired) electrons. The fourth-order valence-corrected chi connectivity index (χ4v) is 4.16. The van der Waals surface area contributed by atoms with Crippen LogP contribution in [0.15, 0.2) is 47.5 Å². The summed E-state index contributed by atoms with van der Waals surface area (Å²) < 4.78 is 0. The molecule has 0 fully saturated rings. The van der Waals surface area contributed by atoms with E-state index in [0.717, 1.165) is 12.0 Å². The Bertz CT molecular complexity index is 750. The second-order valence-corrected chi connectivity index (χ2v) is 8.48. The standard InChI is InChI=1S/C25H34Cl2N2/c1-4-7-24(29(14-5-2)15-6-3)16-20-8-10-21(11-9-20)18-28-19-22-12-13-23(26)17-25(22)27/h8-13,17,19,24H,4-7,14-16,18H2,1-3H3. The summed E-state index contributed by atoms with van der Waals surface area (Å²) in [6, 6.07) is 15.0. The van der Waals surface area contributed by atoms with Crippen LogP contribution in [0.5, 0.6) is 0 Å². The highest BCUT2D eigenvalue weighted by Crippen LogP contribution is 2.20. The van der Waals surface area contributed by atoms with Crippen molar-refractivity contribution in [1.29, 1.82) is 0 Å². The Kier molecular flexibility index (Phi) is 10.8. The lowest BCUT2D eigenvalue weighted by Gasteiger charge is -2.31. The molecular formula is C25H34Cl2N2. The second kappa shape index (κ2) is 13.1. The molecule has 0 saturated carbocycles. The molecule has 29 heavy (non-hydrogen) atoms. The SMILES string of the molecule is CCCC(Cc1ccc(CN=Cc2ccc(Cl)cc2Cl)cc1)N(CCC)CCC. The average molecular weight is 433 g/mol. The van der Waals surface area contributed by atoms with E-state index in [9.17, 15) is 0 Å². The maximum absolute atomic E-state index is 6.20. The van der Waals surface area contributed by atoms with Gasteiger partial charge in [-0.15, -0.1) is 0 Å². The quantitative estimate of drug-likeness (QED) is 0.318. The largest absolute Gasteiger partial charge is 0.300 e. The lowest BCUT2D eigenvalue weighted by atomic mass is 9.99. The lowest BCUT2D eigenvalue weighted by Crippen LogP contribution is -2.38. The number of rotatable bonds is 12. The van der Waals surface area contributed by atoms with Crippen LogP contribution in [0, 0.1) is 0 Å². The van der Waals surface area contributed by atoms with Crippen molar-refractivity contribution < 1.29 is 0 Å². The monoisotopic (exact) mass is 432 g/mol. The summed E-state index contributed by atoms with van der Waals surface area (Å²) in [6.07, 6.45) is 7.86. The van der Waals surface area contributed by atoms with Crippen LogP contribution in [-0.4, -0.2) is 30.2 Å². The molecule has 0 saturated heterocycles. The molecule has 0 N–H and O–H groups in total. The molecule has 2 rings (SSSR count). The Balaban J connectivity index is 1.97. The van der Waals surface area contributed by atoms with Crippen LogP contribution in [0.3, 0.4) is 0 Å². The first-order valence-electron chi connectivity index (χ1n) is 10.8. The summed E-state index contributed by atoms with van der Waals surface area (Å²) in [7, 11) is 0. The highest BCUT2D eigenvalue weighted by atomic mass is 35.5. The lowest BCUT2D eigenvalue weighted by molar-refractivity contribution is 0.184. The van der Waals surface area contributed by atoms with E-state index < -0.39 is 0 Å². The van der Waals surface area contributed by atoms with Crippen LogP contribution in [-0.2, 0) is 13.0 Å². The van der Waals surface area contributed by atoms with E-state index >= 15 is 0 Å². The summed E-state index contributed by atoms with van der Waals surface area (Å²) >= 11 is 12.1. The van der Waals surface area contributed by atoms with Crippen LogP contribution < -0.4 is 0 Å². The predicted octanol–water partition coefficient (Wildman–Crippen LogP) is 7.45. The third-order valence-electron chi connectivity index (χ3n) is 5.12. The molecule has 2 aromatic carbocycles. The van der Waals surface area contributed by atoms with Crippen LogP contribution in [0.4, 0.5) is 0 Å². The summed E-state index contributed by atoms with van der Waals surface area (Å²) in [5.41, 5.74) is 3.51. The number of hydrogen-bond acceptors (Lipinski definition) is 2. The molecule has 0 heterocycles. The summed E-state index contributed by atoms with van der Waals surface area (Å²) in [5.74, 6) is 0. The van der Waals surface area contributed by atoms with Crippen molar-refractivity contribution >= 4 is 29.4 Å². The molecular weight excluding hydrogens is 399 g/mol. The van der Waals surface area contributed by atoms with Gasteiger partial charge in [0.2, 0.25) is 0 Å². The molecule has 0 aliphatic carbocycles. The topological polar surface area (TPSA) is 15.6 Å². The molecule has 158 valence electrons. The van der Waals surface area contributed by atoms with Gasteiger partial charge in [-0.1, -0.05) is 80.7 Å². The van der Waals surface area contributed by atoms with Crippen molar-refractivity contribution in [1.82, 2.24) is 4.90 Å². The Morgan fingerprint density at radius 1 is 0.897 bits per heavy atom. The van der Waals surface area contributed by atoms with E-state index in [1.165, 1.54) is 49.9 Å². The maximum Gasteiger partial charge on any atom is 0.0639 e. The average Bonchev–Trinajstić information content (AvgIpc) is 2.70. The van der Waals surface area contributed by atoms with Crippen LogP contribution in [0.1, 0.15) is 63.1 Å². The van der Waals surface area contributed by atoms with Crippen LogP contribution in [0.2, 0.25) is 10.0 Å². The molecule has 2 aromatic rings. The number of nitrogens with zero attached hydrogens (tertiary/aromatic N) is 2. The smallest absolute Gasteiger partial charge is 0.0639 e. The second-order valence-electron chi connectivity index (χ2n) is 7.63. The van der Waals surface area contributed by atoms with E-state index in [2.05, 4.69) is 54.9 Å². The third-order valence-corrected chi connectivity index (χ3v) is 5.68. The highest BCUT2D eigenvalue weighted by molar-refractivity contribution is 6.36. The molecule has 0 aliphatic rings. The molecule has 0 aliphatic heterocycles. The highest BCUT2D eigenvalue weighted by Gasteiger charge is 2.16. The molecule has 4 heteroatoms. The van der Waals surface area contributed by atoms with Gasteiger partial charge < -0.3 is 4.90 Å². The normalized spacial score (nSPS) is 12.8. The van der Waals surface area contributed by atoms with E-state index in [1.807, 2.05) is 18.3 Å². The van der Waals surface area contributed by atoms with Crippen molar-refractivity contribution in [3.05, 3.63) is 69.2 Å². The fourth-order valence-electron chi connectivity index (χ4n) is 3.71. The van der Waals surface area contributed by atoms with Crippen LogP contribution >= 0.6 is 23.2 Å². The molecule has 0 bridgehead atoms. The Morgan fingerprint density at radius 3 is 2.14 bits per heavy atom. The van der Waals surface area contributed by atoms with E-state index in [4.69, 9.17) is 23.2 Å². The van der Waals surface area contributed by atoms with Gasteiger partial charge in [-0.25, -0.2) is 0 Å². The van der Waals surface area contributed by atoms with Gasteiger partial charge in [0, 0.05) is 22.8 Å². The fraction of sp³-hybridized carbons (Fsp3) is 0.480. The number of hydrogen-bond donors (Lipinski definition) is 0. The molecule has 1 atom stereocenters. The molecule has 0 aromatic heterocycles. The Hall–Kier alpha value is -1.35. The van der Waals surface area contributed by atoms with Gasteiger partial charge in [-0.3, -0.25) is 4.99 Å². The first-order valence-corrected chi connectivity index (χ1v) is 11.6. The maximum atomic E-state index is 6.20. The van der Waals surface area contributed by atoms with Crippen molar-refractivity contribution in [2.24, 2.45) is 4.99 Å². The molecule has 1 unspecified atom stereocenters. The van der Waals surface area contributed by atoms with Gasteiger partial charge in [0.1, 0.15) is 0 Å². The molecule has 0 spiro atoms. The van der Waals surface area contributed by atoms with Gasteiger partial charge in [-0.2, -0.15) is 0 Å². The van der Waals surface area contributed by atoms with Gasteiger partial charge in [-0.05, 0) is 62.0 Å². The van der Waals surface area contributed by atoms with E-state index in [-0.39, 0.29) is 0 Å². The van der Waals surface area contributed by atoms with Gasteiger partial charge >= 0.3 is 0 Å². The van der Waals surface area contributed by atoms with Gasteiger partial charge in [0.25, 0.3) is 0 Å². The van der Waals surface area contributed by atoms with Crippen molar-refractivity contribution in [2.45, 2.75) is 65.5 Å². The molecule has 2 nitrogen and oxygen atoms in total. The zero-order valence-electron chi connectivity index (χ0n) is 18.0. The van der Waals surface area contributed by atoms with E-state index in [1.54, 1.807) is 6.07 Å². The van der Waals surface area contributed by atoms with Crippen molar-refractivity contribution in [2.75, 3.05) is 13.1 Å². The predicted molar refractivity (Wildman–Crippen MR) is 129 cm³/mol. The first-order chi connectivity index (χ1) is 14.1. The number of aliphatic imine (C=N–C) groups is 1. The molecule has 0 amide bonds. The minimum Gasteiger partial charge on any atom is -0.300 e. The minimum absolute atomic E-state index is 0.627. The number of halogens is 2. The third kappa shape index (κ3) is 8.12. The summed E-state index contributed by atoms with van der Waals surface area (Å²) in [6.45, 7) is 9.88. The van der Waals surface area contributed by atoms with E-state index in [0.29, 0.717) is 22.6 Å². The van der Waals surface area contributed by atoms with Crippen LogP contribution in [0.25, 0.3) is 0 Å². The van der Waals surface area contributed by atoms with Crippen molar-refractivity contribution in [3.8, 4) is 0 Å². The van der Waals surface area contributed by atoms with Crippen molar-refractivity contribution in [3.63, 3.8) is 0 Å². The Labute approximate surface area is 186 Å². The summed E-state index contributed by atoms with van der Waals surface area (Å²) in [4.78, 5) is 7.22. The first kappa shape index (κ1) is 23.9. The Morgan fingerprint density at radius 2 is 1.55 bits per heavy atom.